The Morgan fingerprint density at radius 3 is 3.00 bits per heavy atom. The molecule has 1 fully saturated rings. The summed E-state index contributed by atoms with van der Waals surface area (Å²) in [5.41, 5.74) is 0.553. The van der Waals surface area contributed by atoms with Crippen molar-refractivity contribution in [1.82, 2.24) is 15.5 Å². The van der Waals surface area contributed by atoms with E-state index in [0.717, 1.165) is 0 Å². The summed E-state index contributed by atoms with van der Waals surface area (Å²) in [4.78, 5) is 12.2. The van der Waals surface area contributed by atoms with E-state index < -0.39 is 6.04 Å². The van der Waals surface area contributed by atoms with E-state index in [2.05, 4.69) is 20.8 Å². The molecule has 0 saturated carbocycles. The monoisotopic (exact) mass is 372 g/mol. The van der Waals surface area contributed by atoms with Crippen LogP contribution in [0.3, 0.4) is 0 Å². The molecule has 0 unspecified atom stereocenters. The van der Waals surface area contributed by atoms with Crippen LogP contribution in [0.25, 0.3) is 0 Å². The zero-order chi connectivity index (χ0) is 16.2. The van der Waals surface area contributed by atoms with Gasteiger partial charge in [-0.05, 0) is 18.6 Å². The zero-order valence-corrected chi connectivity index (χ0v) is 14.6. The van der Waals surface area contributed by atoms with Gasteiger partial charge >= 0.3 is 0 Å². The van der Waals surface area contributed by atoms with Gasteiger partial charge in [-0.2, -0.15) is 0 Å². The summed E-state index contributed by atoms with van der Waals surface area (Å²) in [7, 11) is 0. The van der Waals surface area contributed by atoms with Gasteiger partial charge in [0, 0.05) is 13.0 Å². The highest BCUT2D eigenvalue weighted by Crippen LogP contribution is 2.20. The van der Waals surface area contributed by atoms with Crippen molar-refractivity contribution in [2.75, 3.05) is 18.5 Å². The first-order chi connectivity index (χ1) is 11.1. The lowest BCUT2D eigenvalue weighted by atomic mass is 10.1. The fourth-order valence-corrected chi connectivity index (χ4v) is 3.16. The lowest BCUT2D eigenvalue weighted by Gasteiger charge is -2.28. The lowest BCUT2D eigenvalue weighted by Crippen LogP contribution is -2.53. The molecule has 0 spiro atoms. The molecule has 1 aromatic heterocycles. The Morgan fingerprint density at radius 2 is 2.25 bits per heavy atom. The van der Waals surface area contributed by atoms with Gasteiger partial charge < -0.3 is 10.1 Å². The number of aromatic nitrogens is 2. The highest BCUT2D eigenvalue weighted by atomic mass is 35.5. The topological polar surface area (TPSA) is 76.1 Å². The number of ether oxygens (including phenoxy) is 1. The Hall–Kier alpha value is -1.61. The predicted molar refractivity (Wildman–Crippen MR) is 92.2 cm³/mol. The van der Waals surface area contributed by atoms with Crippen LogP contribution in [0.5, 0.6) is 0 Å². The Bertz CT molecular complexity index is 700. The SMILES string of the molecule is C[C@H]1OCCN[C@@H]1C(=O)Nc1nnc(Cc2ccccc2F)s1.Cl. The molecule has 1 aliphatic rings. The van der Waals surface area contributed by atoms with Crippen LogP contribution in [-0.2, 0) is 16.0 Å². The molecule has 6 nitrogen and oxygen atoms in total. The second kappa shape index (κ2) is 8.48. The van der Waals surface area contributed by atoms with Crippen LogP contribution in [0.1, 0.15) is 17.5 Å². The molecule has 2 heterocycles. The molecular formula is C15H18ClFN4O2S. The number of halogens is 2. The van der Waals surface area contributed by atoms with Crippen molar-refractivity contribution in [3.05, 3.63) is 40.7 Å². The Kier molecular flexibility index (Phi) is 6.61. The van der Waals surface area contributed by atoms with Gasteiger partial charge in [-0.25, -0.2) is 4.39 Å². The third-order valence-electron chi connectivity index (χ3n) is 3.60. The van der Waals surface area contributed by atoms with Crippen LogP contribution in [-0.4, -0.2) is 41.4 Å². The molecule has 0 bridgehead atoms. The Morgan fingerprint density at radius 1 is 1.46 bits per heavy atom. The maximum Gasteiger partial charge on any atom is 0.246 e. The van der Waals surface area contributed by atoms with E-state index in [9.17, 15) is 9.18 Å². The lowest BCUT2D eigenvalue weighted by molar-refractivity contribution is -0.123. The molecule has 9 heteroatoms. The van der Waals surface area contributed by atoms with E-state index in [1.54, 1.807) is 18.2 Å². The number of anilines is 1. The van der Waals surface area contributed by atoms with Crippen LogP contribution in [0.2, 0.25) is 0 Å². The minimum atomic E-state index is -0.414. The number of nitrogens with one attached hydrogen (secondary N) is 2. The van der Waals surface area contributed by atoms with Gasteiger partial charge in [0.25, 0.3) is 0 Å². The van der Waals surface area contributed by atoms with Gasteiger partial charge in [0.1, 0.15) is 16.9 Å². The van der Waals surface area contributed by atoms with Gasteiger partial charge in [0.05, 0.1) is 12.7 Å². The van der Waals surface area contributed by atoms with Crippen LogP contribution >= 0.6 is 23.7 Å². The highest BCUT2D eigenvalue weighted by molar-refractivity contribution is 7.15. The van der Waals surface area contributed by atoms with Gasteiger partial charge in [0.15, 0.2) is 0 Å². The van der Waals surface area contributed by atoms with Crippen molar-refractivity contribution in [2.45, 2.75) is 25.5 Å². The standard InChI is InChI=1S/C15H17FN4O2S.ClH/c1-9-13(17-6-7-22-9)14(21)18-15-20-19-12(23-15)8-10-4-2-3-5-11(10)16;/h2-5,9,13,17H,6-8H2,1H3,(H,18,20,21);1H/t9-,13+;/m1./s1. The smallest absolute Gasteiger partial charge is 0.246 e. The van der Waals surface area contributed by atoms with Crippen LogP contribution in [0.15, 0.2) is 24.3 Å². The molecule has 3 rings (SSSR count). The number of amides is 1. The molecular weight excluding hydrogens is 355 g/mol. The van der Waals surface area contributed by atoms with Gasteiger partial charge in [-0.3, -0.25) is 10.1 Å². The Labute approximate surface area is 149 Å². The van der Waals surface area contributed by atoms with Crippen molar-refractivity contribution in [3.63, 3.8) is 0 Å². The second-order valence-corrected chi connectivity index (χ2v) is 6.33. The summed E-state index contributed by atoms with van der Waals surface area (Å²) in [6.07, 6.45) is 0.149. The highest BCUT2D eigenvalue weighted by Gasteiger charge is 2.28. The van der Waals surface area contributed by atoms with E-state index in [0.29, 0.717) is 35.3 Å². The maximum atomic E-state index is 13.6. The van der Waals surface area contributed by atoms with Crippen molar-refractivity contribution in [1.29, 1.82) is 0 Å². The van der Waals surface area contributed by atoms with E-state index in [4.69, 9.17) is 4.74 Å². The fourth-order valence-electron chi connectivity index (χ4n) is 2.39. The molecule has 0 aliphatic carbocycles. The number of benzene rings is 1. The number of hydrogen-bond acceptors (Lipinski definition) is 6. The number of morpholine rings is 1. The molecule has 1 aromatic carbocycles. The van der Waals surface area contributed by atoms with Crippen molar-refractivity contribution >= 4 is 34.8 Å². The number of carbonyl (C=O) groups is 1. The average Bonchev–Trinajstić information content (AvgIpc) is 2.97. The first-order valence-electron chi connectivity index (χ1n) is 7.35. The Balaban J connectivity index is 0.00000208. The fraction of sp³-hybridized carbons (Fsp3) is 0.400. The number of nitrogens with zero attached hydrogens (tertiary/aromatic N) is 2. The number of carbonyl (C=O) groups excluding carboxylic acids is 1. The summed E-state index contributed by atoms with van der Waals surface area (Å²) < 4.78 is 19.1. The van der Waals surface area contributed by atoms with Crippen LogP contribution in [0, 0.1) is 5.82 Å². The van der Waals surface area contributed by atoms with Crippen molar-refractivity contribution in [3.8, 4) is 0 Å². The van der Waals surface area contributed by atoms with Crippen molar-refractivity contribution < 1.29 is 13.9 Å². The summed E-state index contributed by atoms with van der Waals surface area (Å²) in [6.45, 7) is 3.08. The number of hydrogen-bond donors (Lipinski definition) is 2. The van der Waals surface area contributed by atoms with Crippen molar-refractivity contribution in [2.24, 2.45) is 0 Å². The summed E-state index contributed by atoms with van der Waals surface area (Å²) in [5, 5.41) is 14.8. The maximum absolute atomic E-state index is 13.6. The van der Waals surface area contributed by atoms with Gasteiger partial charge in [-0.1, -0.05) is 29.5 Å². The van der Waals surface area contributed by atoms with E-state index in [1.807, 2.05) is 6.92 Å². The number of rotatable bonds is 4. The molecule has 130 valence electrons. The van der Waals surface area contributed by atoms with E-state index in [1.165, 1.54) is 17.4 Å². The second-order valence-electron chi connectivity index (χ2n) is 5.27. The molecule has 2 N–H and O–H groups in total. The quantitative estimate of drug-likeness (QED) is 0.858. The molecule has 1 saturated heterocycles. The third kappa shape index (κ3) is 4.47. The largest absolute Gasteiger partial charge is 0.375 e. The predicted octanol–water partition coefficient (Wildman–Crippen LogP) is 2.01. The van der Waals surface area contributed by atoms with E-state index in [-0.39, 0.29) is 30.2 Å². The molecule has 1 amide bonds. The average molecular weight is 373 g/mol. The summed E-state index contributed by atoms with van der Waals surface area (Å²) in [6, 6.07) is 6.13. The molecule has 2 atom stereocenters. The third-order valence-corrected chi connectivity index (χ3v) is 4.43. The molecule has 24 heavy (non-hydrogen) atoms. The van der Waals surface area contributed by atoms with Crippen LogP contribution in [0.4, 0.5) is 9.52 Å². The minimum Gasteiger partial charge on any atom is -0.375 e. The van der Waals surface area contributed by atoms with Crippen LogP contribution < -0.4 is 10.6 Å². The normalized spacial score (nSPS) is 20.2. The molecule has 2 aromatic rings. The summed E-state index contributed by atoms with van der Waals surface area (Å²) in [5.74, 6) is -0.476. The molecule has 0 radical (unpaired) electrons. The van der Waals surface area contributed by atoms with Gasteiger partial charge in [0.2, 0.25) is 11.0 Å². The van der Waals surface area contributed by atoms with Gasteiger partial charge in [-0.15, -0.1) is 22.6 Å². The summed E-state index contributed by atoms with van der Waals surface area (Å²) >= 11 is 1.24. The first-order valence-corrected chi connectivity index (χ1v) is 8.17. The van der Waals surface area contributed by atoms with E-state index >= 15 is 0 Å². The minimum absolute atomic E-state index is 0. The zero-order valence-electron chi connectivity index (χ0n) is 13.0. The first kappa shape index (κ1) is 18.7. The molecule has 1 aliphatic heterocycles.